The number of amides is 1. The Morgan fingerprint density at radius 3 is 2.83 bits per heavy atom. The maximum absolute atomic E-state index is 13.0. The molecular formula is C19H21BrN2O2. The van der Waals surface area contributed by atoms with Gasteiger partial charge < -0.3 is 14.6 Å². The van der Waals surface area contributed by atoms with Gasteiger partial charge in [0, 0.05) is 28.9 Å². The molecule has 0 radical (unpaired) electrons. The molecule has 2 heterocycles. The minimum absolute atomic E-state index is 0.149. The Morgan fingerprint density at radius 1 is 1.42 bits per heavy atom. The highest BCUT2D eigenvalue weighted by Gasteiger charge is 2.50. The van der Waals surface area contributed by atoms with Crippen LogP contribution in [0.25, 0.3) is 10.9 Å². The molecule has 1 fully saturated rings. The molecule has 1 aliphatic carbocycles. The van der Waals surface area contributed by atoms with Crippen LogP contribution in [0.1, 0.15) is 19.4 Å². The van der Waals surface area contributed by atoms with Gasteiger partial charge in [-0.15, -0.1) is 0 Å². The molecular weight excluding hydrogens is 368 g/mol. The highest BCUT2D eigenvalue weighted by Crippen LogP contribution is 2.47. The first-order chi connectivity index (χ1) is 11.4. The van der Waals surface area contributed by atoms with Gasteiger partial charge in [-0.3, -0.25) is 4.79 Å². The van der Waals surface area contributed by atoms with Gasteiger partial charge >= 0.3 is 0 Å². The van der Waals surface area contributed by atoms with Crippen LogP contribution in [0.4, 0.5) is 0 Å². The zero-order chi connectivity index (χ0) is 17.1. The first-order valence-electron chi connectivity index (χ1n) is 8.23. The number of H-pyrrole nitrogens is 1. The van der Waals surface area contributed by atoms with E-state index < -0.39 is 0 Å². The van der Waals surface area contributed by atoms with Crippen molar-refractivity contribution in [1.82, 2.24) is 9.88 Å². The molecule has 1 saturated heterocycles. The number of benzene rings is 1. The SMILES string of the molecule is COc1ccc2[nH]c(Br)c(CC(=O)N3C[C@H]4C=C[C@@H]3C4(C)C)c2c1. The molecule has 5 heteroatoms. The number of halogens is 1. The topological polar surface area (TPSA) is 45.3 Å². The summed E-state index contributed by atoms with van der Waals surface area (Å²) in [6, 6.07) is 6.10. The Balaban J connectivity index is 1.64. The third-order valence-electron chi connectivity index (χ3n) is 5.68. The van der Waals surface area contributed by atoms with Crippen molar-refractivity contribution in [3.05, 3.63) is 40.5 Å². The van der Waals surface area contributed by atoms with E-state index in [4.69, 9.17) is 4.74 Å². The summed E-state index contributed by atoms with van der Waals surface area (Å²) in [7, 11) is 1.66. The third-order valence-corrected chi connectivity index (χ3v) is 6.36. The average Bonchev–Trinajstić information content (AvgIpc) is 3.13. The number of aromatic amines is 1. The Labute approximate surface area is 150 Å². The molecule has 24 heavy (non-hydrogen) atoms. The smallest absolute Gasteiger partial charge is 0.227 e. The van der Waals surface area contributed by atoms with Gasteiger partial charge in [0.1, 0.15) is 5.75 Å². The van der Waals surface area contributed by atoms with E-state index in [9.17, 15) is 4.79 Å². The minimum atomic E-state index is 0.149. The van der Waals surface area contributed by atoms with E-state index in [1.54, 1.807) is 7.11 Å². The van der Waals surface area contributed by atoms with E-state index in [-0.39, 0.29) is 17.4 Å². The molecule has 1 aromatic heterocycles. The lowest BCUT2D eigenvalue weighted by atomic mass is 9.82. The number of fused-ring (bicyclic) bond motifs is 3. The maximum atomic E-state index is 13.0. The fraction of sp³-hybridized carbons (Fsp3) is 0.421. The maximum Gasteiger partial charge on any atom is 0.227 e. The van der Waals surface area contributed by atoms with Crippen LogP contribution in [0.15, 0.2) is 35.0 Å². The second kappa shape index (κ2) is 5.38. The molecule has 2 aliphatic rings. The molecule has 0 unspecified atom stereocenters. The van der Waals surface area contributed by atoms with Crippen LogP contribution in [0.2, 0.25) is 0 Å². The van der Waals surface area contributed by atoms with Crippen LogP contribution >= 0.6 is 15.9 Å². The van der Waals surface area contributed by atoms with Gasteiger partial charge in [-0.2, -0.15) is 0 Å². The lowest BCUT2D eigenvalue weighted by molar-refractivity contribution is -0.131. The zero-order valence-electron chi connectivity index (χ0n) is 14.1. The fourth-order valence-electron chi connectivity index (χ4n) is 4.09. The second-order valence-electron chi connectivity index (χ2n) is 7.31. The van der Waals surface area contributed by atoms with Crippen molar-refractivity contribution in [2.75, 3.05) is 13.7 Å². The highest BCUT2D eigenvalue weighted by atomic mass is 79.9. The number of nitrogens with one attached hydrogen (secondary N) is 1. The first kappa shape index (κ1) is 15.8. The minimum Gasteiger partial charge on any atom is -0.497 e. The number of rotatable bonds is 3. The Hall–Kier alpha value is -1.75. The summed E-state index contributed by atoms with van der Waals surface area (Å²) in [6.07, 6.45) is 4.85. The second-order valence-corrected chi connectivity index (χ2v) is 8.10. The van der Waals surface area contributed by atoms with E-state index in [1.165, 1.54) is 0 Å². The predicted molar refractivity (Wildman–Crippen MR) is 98.2 cm³/mol. The van der Waals surface area contributed by atoms with Crippen LogP contribution in [-0.4, -0.2) is 35.5 Å². The zero-order valence-corrected chi connectivity index (χ0v) is 15.7. The Kier molecular flexibility index (Phi) is 3.53. The number of hydrogen-bond donors (Lipinski definition) is 1. The van der Waals surface area contributed by atoms with Crippen LogP contribution in [0.3, 0.4) is 0 Å². The number of likely N-dealkylation sites (tertiary alicyclic amines) is 1. The standard InChI is InChI=1S/C19H21BrN2O2/c1-19(2)11-4-7-16(19)22(10-11)17(23)9-14-13-8-12(24-3)5-6-15(13)21-18(14)20/h4-8,11,16,21H,9-10H2,1-3H3/t11-,16-/m1/s1. The van der Waals surface area contributed by atoms with Gasteiger partial charge in [0.25, 0.3) is 0 Å². The van der Waals surface area contributed by atoms with Crippen molar-refractivity contribution in [3.8, 4) is 5.75 Å². The van der Waals surface area contributed by atoms with E-state index in [2.05, 4.69) is 46.9 Å². The van der Waals surface area contributed by atoms with Crippen molar-refractivity contribution in [2.24, 2.45) is 11.3 Å². The number of hydrogen-bond acceptors (Lipinski definition) is 2. The molecule has 4 nitrogen and oxygen atoms in total. The highest BCUT2D eigenvalue weighted by molar-refractivity contribution is 9.10. The van der Waals surface area contributed by atoms with E-state index in [0.717, 1.165) is 33.4 Å². The summed E-state index contributed by atoms with van der Waals surface area (Å²) in [6.45, 7) is 5.33. The summed E-state index contributed by atoms with van der Waals surface area (Å²) in [5.41, 5.74) is 2.16. The molecule has 1 N–H and O–H groups in total. The van der Waals surface area contributed by atoms with Crippen LogP contribution in [0, 0.1) is 11.3 Å². The fourth-order valence-corrected chi connectivity index (χ4v) is 4.65. The molecule has 4 rings (SSSR count). The van der Waals surface area contributed by atoms with E-state index in [1.807, 2.05) is 23.1 Å². The van der Waals surface area contributed by atoms with Crippen molar-refractivity contribution in [1.29, 1.82) is 0 Å². The average molecular weight is 389 g/mol. The van der Waals surface area contributed by atoms with Gasteiger partial charge in [-0.1, -0.05) is 26.0 Å². The van der Waals surface area contributed by atoms with Crippen LogP contribution in [0.5, 0.6) is 5.75 Å². The monoisotopic (exact) mass is 388 g/mol. The van der Waals surface area contributed by atoms with Crippen LogP contribution < -0.4 is 4.74 Å². The van der Waals surface area contributed by atoms with Crippen LogP contribution in [-0.2, 0) is 11.2 Å². The summed E-state index contributed by atoms with van der Waals surface area (Å²) < 4.78 is 6.20. The molecule has 2 bridgehead atoms. The summed E-state index contributed by atoms with van der Waals surface area (Å²) >= 11 is 3.58. The van der Waals surface area contributed by atoms with Gasteiger partial charge in [-0.05, 0) is 39.5 Å². The number of carbonyl (C=O) groups excluding carboxylic acids is 1. The first-order valence-corrected chi connectivity index (χ1v) is 9.03. The summed E-state index contributed by atoms with van der Waals surface area (Å²) in [5, 5.41) is 1.04. The third kappa shape index (κ3) is 2.21. The van der Waals surface area contributed by atoms with Crippen molar-refractivity contribution in [3.63, 3.8) is 0 Å². The van der Waals surface area contributed by atoms with Crippen molar-refractivity contribution >= 4 is 32.7 Å². The molecule has 0 spiro atoms. The van der Waals surface area contributed by atoms with Gasteiger partial charge in [0.2, 0.25) is 5.91 Å². The quantitative estimate of drug-likeness (QED) is 0.810. The molecule has 2 aromatic rings. The van der Waals surface area contributed by atoms with E-state index in [0.29, 0.717) is 12.3 Å². The summed E-state index contributed by atoms with van der Waals surface area (Å²) in [4.78, 5) is 18.3. The molecule has 1 aliphatic heterocycles. The normalized spacial score (nSPS) is 24.1. The number of methoxy groups -OCH3 is 1. The van der Waals surface area contributed by atoms with Gasteiger partial charge in [0.05, 0.1) is 24.2 Å². The van der Waals surface area contributed by atoms with Gasteiger partial charge in [0.15, 0.2) is 0 Å². The molecule has 1 aromatic carbocycles. The van der Waals surface area contributed by atoms with Crippen molar-refractivity contribution < 1.29 is 9.53 Å². The molecule has 0 saturated carbocycles. The van der Waals surface area contributed by atoms with Crippen molar-refractivity contribution in [2.45, 2.75) is 26.3 Å². The number of aromatic nitrogens is 1. The predicted octanol–water partition coefficient (Wildman–Crippen LogP) is 3.90. The Bertz CT molecular complexity index is 852. The lowest BCUT2D eigenvalue weighted by Gasteiger charge is -2.28. The largest absolute Gasteiger partial charge is 0.497 e. The molecule has 126 valence electrons. The number of carbonyl (C=O) groups is 1. The molecule has 2 atom stereocenters. The number of nitrogens with zero attached hydrogens (tertiary/aromatic N) is 1. The summed E-state index contributed by atoms with van der Waals surface area (Å²) in [5.74, 6) is 1.45. The van der Waals surface area contributed by atoms with Gasteiger partial charge in [-0.25, -0.2) is 0 Å². The Morgan fingerprint density at radius 2 is 2.21 bits per heavy atom. The van der Waals surface area contributed by atoms with E-state index >= 15 is 0 Å². The lowest BCUT2D eigenvalue weighted by Crippen LogP contribution is -2.39. The number of ether oxygens (including phenoxy) is 1. The molecule has 1 amide bonds.